The summed E-state index contributed by atoms with van der Waals surface area (Å²) < 4.78 is 0. The summed E-state index contributed by atoms with van der Waals surface area (Å²) in [5.74, 6) is 2.78. The van der Waals surface area contributed by atoms with Gasteiger partial charge in [0.25, 0.3) is 0 Å². The zero-order valence-electron chi connectivity index (χ0n) is 22.1. The lowest BCUT2D eigenvalue weighted by atomic mass is 9.45. The number of rotatable bonds is 5. The summed E-state index contributed by atoms with van der Waals surface area (Å²) in [5.41, 5.74) is 1.15. The molecule has 0 unspecified atom stereocenters. The quantitative estimate of drug-likeness (QED) is 0.509. The molecule has 0 radical (unpaired) electrons. The number of nitrogens with zero attached hydrogens (tertiary/aromatic N) is 1. The number of fused-ring (bicyclic) bond motifs is 5. The fourth-order valence-electron chi connectivity index (χ4n) is 9.41. The van der Waals surface area contributed by atoms with Gasteiger partial charge in [0.1, 0.15) is 0 Å². The molecule has 0 heterocycles. The van der Waals surface area contributed by atoms with E-state index in [1.165, 1.54) is 32.1 Å². The van der Waals surface area contributed by atoms with Gasteiger partial charge in [0.2, 0.25) is 5.91 Å². The third-order valence-corrected chi connectivity index (χ3v) is 11.0. The monoisotopic (exact) mass is 457 g/mol. The summed E-state index contributed by atoms with van der Waals surface area (Å²) in [4.78, 5) is 27.3. The third-order valence-electron chi connectivity index (χ3n) is 11.0. The van der Waals surface area contributed by atoms with Crippen LogP contribution in [0.4, 0.5) is 0 Å². The van der Waals surface area contributed by atoms with Crippen molar-refractivity contribution in [3.8, 4) is 0 Å². The van der Waals surface area contributed by atoms with Crippen molar-refractivity contribution in [2.24, 2.45) is 46.3 Å². The van der Waals surface area contributed by atoms with Crippen LogP contribution in [0, 0.1) is 46.3 Å². The number of carboxylic acid groups (broad SMARTS) is 1. The van der Waals surface area contributed by atoms with Crippen LogP contribution in [-0.4, -0.2) is 34.0 Å². The smallest absolute Gasteiger partial charge is 0.331 e. The predicted molar refractivity (Wildman–Crippen MR) is 133 cm³/mol. The van der Waals surface area contributed by atoms with Gasteiger partial charge in [-0.15, -0.1) is 0 Å². The molecule has 33 heavy (non-hydrogen) atoms. The van der Waals surface area contributed by atoms with Crippen molar-refractivity contribution in [3.63, 3.8) is 0 Å². The molecule has 3 fully saturated rings. The van der Waals surface area contributed by atoms with Crippen LogP contribution in [0.3, 0.4) is 0 Å². The first-order valence-electron chi connectivity index (χ1n) is 13.7. The Balaban J connectivity index is 1.55. The lowest BCUT2D eigenvalue weighted by Crippen LogP contribution is -2.54. The number of hydrogen-bond acceptors (Lipinski definition) is 2. The number of allylic oxidation sites excluding steroid dienone is 1. The Morgan fingerprint density at radius 2 is 1.55 bits per heavy atom. The number of aliphatic carboxylic acids is 1. The first kappa shape index (κ1) is 24.8. The van der Waals surface area contributed by atoms with Gasteiger partial charge in [-0.05, 0) is 119 Å². The molecule has 4 nitrogen and oxygen atoms in total. The molecule has 0 aromatic rings. The van der Waals surface area contributed by atoms with Gasteiger partial charge in [-0.2, -0.15) is 0 Å². The molecule has 8 atom stereocenters. The van der Waals surface area contributed by atoms with Crippen molar-refractivity contribution in [1.82, 2.24) is 4.90 Å². The summed E-state index contributed by atoms with van der Waals surface area (Å²) >= 11 is 0. The zero-order valence-corrected chi connectivity index (χ0v) is 22.1. The molecule has 0 aliphatic heterocycles. The maximum atomic E-state index is 13.6. The Hall–Kier alpha value is -1.32. The minimum atomic E-state index is -0.718. The van der Waals surface area contributed by atoms with Gasteiger partial charge in [-0.1, -0.05) is 26.8 Å². The van der Waals surface area contributed by atoms with E-state index in [0.717, 1.165) is 25.2 Å². The largest absolute Gasteiger partial charge is 0.478 e. The van der Waals surface area contributed by atoms with Crippen LogP contribution in [0.5, 0.6) is 0 Å². The van der Waals surface area contributed by atoms with Crippen molar-refractivity contribution < 1.29 is 14.7 Å². The molecule has 0 aromatic heterocycles. The van der Waals surface area contributed by atoms with Gasteiger partial charge in [0.05, 0.1) is 0 Å². The zero-order chi connectivity index (χ0) is 24.3. The highest BCUT2D eigenvalue weighted by Crippen LogP contribution is 2.68. The Morgan fingerprint density at radius 1 is 0.909 bits per heavy atom. The lowest BCUT2D eigenvalue weighted by molar-refractivity contribution is -0.145. The van der Waals surface area contributed by atoms with Gasteiger partial charge < -0.3 is 10.0 Å². The molecule has 0 spiro atoms. The summed E-state index contributed by atoms with van der Waals surface area (Å²) in [6.07, 6.45) is 11.2. The number of amides is 1. The maximum Gasteiger partial charge on any atom is 0.331 e. The normalized spacial score (nSPS) is 41.1. The molecule has 1 amide bonds. The number of carboxylic acids is 1. The molecule has 186 valence electrons. The average Bonchev–Trinajstić information content (AvgIpc) is 3.09. The van der Waals surface area contributed by atoms with E-state index in [-0.39, 0.29) is 28.8 Å². The second-order valence-electron chi connectivity index (χ2n) is 13.0. The molecule has 0 bridgehead atoms. The highest BCUT2D eigenvalue weighted by atomic mass is 16.4. The van der Waals surface area contributed by atoms with E-state index in [1.807, 2.05) is 0 Å². The maximum absolute atomic E-state index is 13.6. The fraction of sp³-hybridized carbons (Fsp3) is 0.862. The SMILES string of the molecule is CC(C)N(C(=O)[C@H](C)[C@H]1CC[C@H]2[C@@H]3CC[C@H]4C=C(C(=O)O)CC[C@]4(C)[C@H]3CC[C@]12C)C(C)C. The molecule has 4 aliphatic rings. The van der Waals surface area contributed by atoms with E-state index < -0.39 is 5.97 Å². The van der Waals surface area contributed by atoms with E-state index in [1.54, 1.807) is 0 Å². The minimum absolute atomic E-state index is 0.0871. The van der Waals surface area contributed by atoms with Crippen molar-refractivity contribution in [3.05, 3.63) is 11.6 Å². The molecule has 0 saturated heterocycles. The van der Waals surface area contributed by atoms with Crippen LogP contribution < -0.4 is 0 Å². The highest BCUT2D eigenvalue weighted by Gasteiger charge is 2.60. The first-order chi connectivity index (χ1) is 15.4. The standard InChI is InChI=1S/C29H47NO3/c1-17(2)30(18(3)4)26(31)19(5)23-10-11-24-22-9-8-21-16-20(27(32)33)12-14-28(21,6)25(22)13-15-29(23,24)7/h16-19,21-25H,8-15H2,1-7H3,(H,32,33)/t19-,21+,22+,23-,24+,25+,28+,29-/m1/s1. The van der Waals surface area contributed by atoms with Crippen LogP contribution in [-0.2, 0) is 9.59 Å². The summed E-state index contributed by atoms with van der Waals surface area (Å²) in [5, 5.41) is 9.54. The number of carbonyl (C=O) groups is 2. The van der Waals surface area contributed by atoms with Gasteiger partial charge in [0, 0.05) is 23.6 Å². The van der Waals surface area contributed by atoms with Crippen LogP contribution >= 0.6 is 0 Å². The molecular weight excluding hydrogens is 410 g/mol. The topological polar surface area (TPSA) is 57.6 Å². The van der Waals surface area contributed by atoms with Crippen molar-refractivity contribution in [1.29, 1.82) is 0 Å². The van der Waals surface area contributed by atoms with Gasteiger partial charge >= 0.3 is 5.97 Å². The van der Waals surface area contributed by atoms with Crippen molar-refractivity contribution in [2.45, 2.75) is 112 Å². The van der Waals surface area contributed by atoms with Gasteiger partial charge in [-0.25, -0.2) is 4.79 Å². The number of hydrogen-bond donors (Lipinski definition) is 1. The molecule has 1 N–H and O–H groups in total. The molecule has 4 rings (SSSR count). The lowest BCUT2D eigenvalue weighted by Gasteiger charge is -2.60. The van der Waals surface area contributed by atoms with Crippen molar-refractivity contribution >= 4 is 11.9 Å². The first-order valence-corrected chi connectivity index (χ1v) is 13.7. The Kier molecular flexibility index (Phi) is 6.55. The average molecular weight is 458 g/mol. The molecular formula is C29H47NO3. The highest BCUT2D eigenvalue weighted by molar-refractivity contribution is 5.86. The second kappa shape index (κ2) is 8.72. The minimum Gasteiger partial charge on any atom is -0.478 e. The van der Waals surface area contributed by atoms with Crippen LogP contribution in [0.1, 0.15) is 99.8 Å². The molecule has 3 saturated carbocycles. The Bertz CT molecular complexity index is 808. The van der Waals surface area contributed by atoms with E-state index in [4.69, 9.17) is 0 Å². The van der Waals surface area contributed by atoms with E-state index in [2.05, 4.69) is 59.4 Å². The van der Waals surface area contributed by atoms with Crippen LogP contribution in [0.2, 0.25) is 0 Å². The second-order valence-corrected chi connectivity index (χ2v) is 13.0. The van der Waals surface area contributed by atoms with Crippen LogP contribution in [0.25, 0.3) is 0 Å². The fourth-order valence-corrected chi connectivity index (χ4v) is 9.41. The summed E-state index contributed by atoms with van der Waals surface area (Å²) in [6, 6.07) is 0.483. The van der Waals surface area contributed by atoms with Gasteiger partial charge in [-0.3, -0.25) is 4.79 Å². The number of carbonyl (C=O) groups excluding carboxylic acids is 1. The van der Waals surface area contributed by atoms with Crippen LogP contribution in [0.15, 0.2) is 11.6 Å². The van der Waals surface area contributed by atoms with E-state index in [9.17, 15) is 14.7 Å². The van der Waals surface area contributed by atoms with Crippen molar-refractivity contribution in [2.75, 3.05) is 0 Å². The van der Waals surface area contributed by atoms with Gasteiger partial charge in [0.15, 0.2) is 0 Å². The van der Waals surface area contributed by atoms with E-state index >= 15 is 0 Å². The molecule has 4 aliphatic carbocycles. The summed E-state index contributed by atoms with van der Waals surface area (Å²) in [6.45, 7) is 15.8. The third kappa shape index (κ3) is 3.88. The van der Waals surface area contributed by atoms with E-state index in [0.29, 0.717) is 35.2 Å². The summed E-state index contributed by atoms with van der Waals surface area (Å²) in [7, 11) is 0. The molecule has 4 heteroatoms. The Labute approximate surface area is 201 Å². The molecule has 0 aromatic carbocycles. The predicted octanol–water partition coefficient (Wildman–Crippen LogP) is 6.55. The Morgan fingerprint density at radius 3 is 2.15 bits per heavy atom.